The lowest BCUT2D eigenvalue weighted by atomic mass is 10.1. The van der Waals surface area contributed by atoms with Crippen LogP contribution in [-0.4, -0.2) is 59.4 Å². The van der Waals surface area contributed by atoms with E-state index in [0.29, 0.717) is 43.3 Å². The van der Waals surface area contributed by atoms with Crippen molar-refractivity contribution in [1.82, 2.24) is 20.2 Å². The van der Waals surface area contributed by atoms with Crippen LogP contribution < -0.4 is 15.4 Å². The van der Waals surface area contributed by atoms with Gasteiger partial charge in [0.15, 0.2) is 5.69 Å². The summed E-state index contributed by atoms with van der Waals surface area (Å²) in [7, 11) is 1.54. The predicted octanol–water partition coefficient (Wildman–Crippen LogP) is 3.49. The number of nitrogens with two attached hydrogens (primary N) is 1. The van der Waals surface area contributed by atoms with Crippen molar-refractivity contribution in [2.75, 3.05) is 38.3 Å². The molecule has 13 heteroatoms. The Labute approximate surface area is 197 Å². The van der Waals surface area contributed by atoms with Crippen LogP contribution in [0.5, 0.6) is 5.88 Å². The highest BCUT2D eigenvalue weighted by Crippen LogP contribution is 2.35. The standard InChI is InChI=1S/C21H19ClF3N7O2/c1-33-20-16(32-2-4-34-5-3-32)6-12(9-28-20)15-8-14(11-27-18(15)22)30-19(26)13-7-17(21(23,24)25)31-29-10-13/h6-11H,2-5H2,1H3,(H2,26,30). The molecule has 4 rings (SSSR count). The highest BCUT2D eigenvalue weighted by Gasteiger charge is 2.33. The number of halogens is 4. The van der Waals surface area contributed by atoms with Crippen molar-refractivity contribution in [2.45, 2.75) is 6.18 Å². The smallest absolute Gasteiger partial charge is 0.435 e. The average Bonchev–Trinajstić information content (AvgIpc) is 2.85. The first-order valence-electron chi connectivity index (χ1n) is 10.0. The molecule has 0 unspecified atom stereocenters. The van der Waals surface area contributed by atoms with Gasteiger partial charge in [-0.1, -0.05) is 11.6 Å². The third kappa shape index (κ3) is 5.18. The van der Waals surface area contributed by atoms with E-state index in [0.717, 1.165) is 18.0 Å². The van der Waals surface area contributed by atoms with Gasteiger partial charge in [0, 0.05) is 36.0 Å². The van der Waals surface area contributed by atoms with Gasteiger partial charge in [-0.2, -0.15) is 18.3 Å². The largest absolute Gasteiger partial charge is 0.480 e. The molecular weight excluding hydrogens is 475 g/mol. The van der Waals surface area contributed by atoms with E-state index in [1.165, 1.54) is 13.3 Å². The quantitative estimate of drug-likeness (QED) is 0.326. The number of ether oxygens (including phenoxy) is 2. The molecule has 0 bridgehead atoms. The summed E-state index contributed by atoms with van der Waals surface area (Å²) in [5.74, 6) is 0.274. The lowest BCUT2D eigenvalue weighted by Crippen LogP contribution is -2.36. The molecular formula is C21H19ClF3N7O2. The fourth-order valence-corrected chi connectivity index (χ4v) is 3.54. The summed E-state index contributed by atoms with van der Waals surface area (Å²) in [6.45, 7) is 2.51. The SMILES string of the molecule is COc1ncc(-c2cc(N=C(N)c3cnnc(C(F)(F)F)c3)cnc2Cl)cc1N1CCOCC1. The average molecular weight is 494 g/mol. The number of hydrogen-bond acceptors (Lipinski definition) is 8. The van der Waals surface area contributed by atoms with Crippen LogP contribution >= 0.6 is 11.6 Å². The highest BCUT2D eigenvalue weighted by molar-refractivity contribution is 6.32. The van der Waals surface area contributed by atoms with E-state index >= 15 is 0 Å². The van der Waals surface area contributed by atoms with Crippen LogP contribution in [0.15, 0.2) is 41.8 Å². The van der Waals surface area contributed by atoms with Crippen molar-refractivity contribution in [3.63, 3.8) is 0 Å². The van der Waals surface area contributed by atoms with Gasteiger partial charge >= 0.3 is 6.18 Å². The van der Waals surface area contributed by atoms with Crippen molar-refractivity contribution in [3.8, 4) is 17.0 Å². The number of amidine groups is 1. The maximum atomic E-state index is 12.9. The van der Waals surface area contributed by atoms with Gasteiger partial charge in [-0.15, -0.1) is 5.10 Å². The van der Waals surface area contributed by atoms with Crippen molar-refractivity contribution in [3.05, 3.63) is 53.2 Å². The van der Waals surface area contributed by atoms with E-state index < -0.39 is 11.9 Å². The summed E-state index contributed by atoms with van der Waals surface area (Å²) >= 11 is 6.34. The summed E-state index contributed by atoms with van der Waals surface area (Å²) in [5, 5.41) is 6.64. The zero-order valence-electron chi connectivity index (χ0n) is 17.9. The van der Waals surface area contributed by atoms with Crippen LogP contribution in [0, 0.1) is 0 Å². The number of methoxy groups -OCH3 is 1. The number of aliphatic imine (C=N–C) groups is 1. The Kier molecular flexibility index (Phi) is 6.80. The van der Waals surface area contributed by atoms with E-state index in [4.69, 9.17) is 26.8 Å². The monoisotopic (exact) mass is 493 g/mol. The van der Waals surface area contributed by atoms with Gasteiger partial charge in [0.05, 0.1) is 38.4 Å². The Morgan fingerprint density at radius 3 is 2.62 bits per heavy atom. The molecule has 1 fully saturated rings. The number of nitrogens with zero attached hydrogens (tertiary/aromatic N) is 6. The third-order valence-corrected chi connectivity index (χ3v) is 5.30. The second-order valence-corrected chi connectivity index (χ2v) is 7.57. The minimum Gasteiger partial charge on any atom is -0.480 e. The van der Waals surface area contributed by atoms with Gasteiger partial charge in [-0.05, 0) is 18.2 Å². The van der Waals surface area contributed by atoms with Crippen molar-refractivity contribution in [2.24, 2.45) is 10.7 Å². The molecule has 0 aliphatic carbocycles. The minimum atomic E-state index is -4.65. The molecule has 0 amide bonds. The van der Waals surface area contributed by atoms with Gasteiger partial charge in [0.2, 0.25) is 5.88 Å². The second kappa shape index (κ2) is 9.77. The molecule has 0 aromatic carbocycles. The first-order chi connectivity index (χ1) is 16.3. The first-order valence-corrected chi connectivity index (χ1v) is 10.4. The van der Waals surface area contributed by atoms with Crippen LogP contribution in [0.1, 0.15) is 11.3 Å². The molecule has 178 valence electrons. The summed E-state index contributed by atoms with van der Waals surface area (Å²) < 4.78 is 49.6. The Morgan fingerprint density at radius 1 is 1.15 bits per heavy atom. The number of hydrogen-bond donors (Lipinski definition) is 1. The Balaban J connectivity index is 1.69. The molecule has 3 aromatic rings. The third-order valence-electron chi connectivity index (χ3n) is 5.00. The lowest BCUT2D eigenvalue weighted by Gasteiger charge is -2.29. The minimum absolute atomic E-state index is 0.0282. The Hall–Kier alpha value is -3.51. The maximum Gasteiger partial charge on any atom is 0.435 e. The summed E-state index contributed by atoms with van der Waals surface area (Å²) in [5.41, 5.74) is 6.96. The molecule has 0 radical (unpaired) electrons. The molecule has 0 spiro atoms. The predicted molar refractivity (Wildman–Crippen MR) is 119 cm³/mol. The van der Waals surface area contributed by atoms with Crippen LogP contribution in [0.4, 0.5) is 24.5 Å². The van der Waals surface area contributed by atoms with E-state index in [9.17, 15) is 13.2 Å². The van der Waals surface area contributed by atoms with Crippen LogP contribution in [0.3, 0.4) is 0 Å². The molecule has 0 atom stereocenters. The van der Waals surface area contributed by atoms with E-state index in [-0.39, 0.29) is 22.2 Å². The summed E-state index contributed by atoms with van der Waals surface area (Å²) in [6.07, 6.45) is -0.610. The lowest BCUT2D eigenvalue weighted by molar-refractivity contribution is -0.141. The van der Waals surface area contributed by atoms with E-state index in [1.54, 1.807) is 12.3 Å². The van der Waals surface area contributed by atoms with Gasteiger partial charge in [-0.3, -0.25) is 0 Å². The molecule has 1 saturated heterocycles. The number of morpholine rings is 1. The van der Waals surface area contributed by atoms with Gasteiger partial charge in [0.1, 0.15) is 16.7 Å². The zero-order chi connectivity index (χ0) is 24.3. The molecule has 1 aliphatic rings. The van der Waals surface area contributed by atoms with Crippen molar-refractivity contribution in [1.29, 1.82) is 0 Å². The maximum absolute atomic E-state index is 12.9. The van der Waals surface area contributed by atoms with Crippen LogP contribution in [0.25, 0.3) is 11.1 Å². The number of rotatable bonds is 5. The van der Waals surface area contributed by atoms with Crippen molar-refractivity contribution < 1.29 is 22.6 Å². The van der Waals surface area contributed by atoms with Crippen LogP contribution in [-0.2, 0) is 10.9 Å². The Morgan fingerprint density at radius 2 is 1.91 bits per heavy atom. The van der Waals surface area contributed by atoms with Crippen LogP contribution in [0.2, 0.25) is 5.15 Å². The normalized spacial score (nSPS) is 14.9. The molecule has 9 nitrogen and oxygen atoms in total. The number of anilines is 1. The first kappa shape index (κ1) is 23.6. The Bertz CT molecular complexity index is 1220. The van der Waals surface area contributed by atoms with Gasteiger partial charge < -0.3 is 20.1 Å². The summed E-state index contributed by atoms with van der Waals surface area (Å²) in [6, 6.07) is 4.27. The van der Waals surface area contributed by atoms with E-state index in [1.807, 2.05) is 6.07 Å². The summed E-state index contributed by atoms with van der Waals surface area (Å²) in [4.78, 5) is 14.8. The van der Waals surface area contributed by atoms with E-state index in [2.05, 4.69) is 30.1 Å². The molecule has 0 saturated carbocycles. The second-order valence-electron chi connectivity index (χ2n) is 7.21. The number of alkyl halides is 3. The molecule has 4 heterocycles. The highest BCUT2D eigenvalue weighted by atomic mass is 35.5. The molecule has 34 heavy (non-hydrogen) atoms. The van der Waals surface area contributed by atoms with Gasteiger partial charge in [-0.25, -0.2) is 15.0 Å². The molecule has 1 aliphatic heterocycles. The van der Waals surface area contributed by atoms with Crippen molar-refractivity contribution >= 4 is 28.8 Å². The molecule has 3 aromatic heterocycles. The number of pyridine rings is 2. The number of aromatic nitrogens is 4. The fraction of sp³-hybridized carbons (Fsp3) is 0.286. The topological polar surface area (TPSA) is 112 Å². The van der Waals surface area contributed by atoms with Gasteiger partial charge in [0.25, 0.3) is 0 Å². The fourth-order valence-electron chi connectivity index (χ4n) is 3.33. The molecule has 2 N–H and O–H groups in total. The zero-order valence-corrected chi connectivity index (χ0v) is 18.6.